The van der Waals surface area contributed by atoms with Gasteiger partial charge in [0.05, 0.1) is 0 Å². The normalized spacial score (nSPS) is 17.8. The zero-order chi connectivity index (χ0) is 14.5. The molecule has 0 aliphatic rings. The molecule has 0 saturated heterocycles. The zero-order valence-corrected chi connectivity index (χ0v) is 12.0. The van der Waals surface area contributed by atoms with Gasteiger partial charge in [0, 0.05) is 24.7 Å². The second kappa shape index (κ2) is 6.98. The fourth-order valence-electron chi connectivity index (χ4n) is 2.13. The van der Waals surface area contributed by atoms with Crippen molar-refractivity contribution in [3.8, 4) is 0 Å². The molecule has 1 aromatic carbocycles. The first-order chi connectivity index (χ1) is 8.90. The van der Waals surface area contributed by atoms with Crippen molar-refractivity contribution >= 4 is 0 Å². The highest BCUT2D eigenvalue weighted by atomic mass is 19.1. The van der Waals surface area contributed by atoms with Crippen molar-refractivity contribution in [2.24, 2.45) is 11.7 Å². The Bertz CT molecular complexity index is 399. The lowest BCUT2D eigenvalue weighted by molar-refractivity contribution is 0.184. The molecule has 0 fully saturated rings. The average molecular weight is 268 g/mol. The molecule has 0 aromatic heterocycles. The number of halogens is 1. The minimum Gasteiger partial charge on any atom is -0.396 e. The van der Waals surface area contributed by atoms with Gasteiger partial charge in [0.15, 0.2) is 0 Å². The third-order valence-corrected chi connectivity index (χ3v) is 3.65. The fraction of sp³-hybridized carbons (Fsp3) is 0.600. The Morgan fingerprint density at radius 2 is 2.11 bits per heavy atom. The Morgan fingerprint density at radius 1 is 1.42 bits per heavy atom. The van der Waals surface area contributed by atoms with Crippen LogP contribution in [-0.2, 0) is 6.42 Å². The van der Waals surface area contributed by atoms with Crippen molar-refractivity contribution in [3.05, 3.63) is 35.6 Å². The maximum Gasteiger partial charge on any atom is 0.123 e. The molecule has 0 spiro atoms. The molecule has 4 heteroatoms. The summed E-state index contributed by atoms with van der Waals surface area (Å²) in [6, 6.07) is 6.73. The lowest BCUT2D eigenvalue weighted by atomic mass is 9.90. The Labute approximate surface area is 115 Å². The zero-order valence-electron chi connectivity index (χ0n) is 12.0. The van der Waals surface area contributed by atoms with Crippen LogP contribution in [0.3, 0.4) is 0 Å². The van der Waals surface area contributed by atoms with Crippen LogP contribution in [0, 0.1) is 11.7 Å². The van der Waals surface area contributed by atoms with Crippen molar-refractivity contribution in [2.45, 2.75) is 38.8 Å². The summed E-state index contributed by atoms with van der Waals surface area (Å²) in [7, 11) is 0. The first-order valence-electron chi connectivity index (χ1n) is 6.73. The van der Waals surface area contributed by atoms with Gasteiger partial charge in [-0.25, -0.2) is 4.39 Å². The standard InChI is InChI=1S/C15H25FN2O/c1-11(9-19)12(2)18-15(3,10-17)8-13-5-4-6-14(16)7-13/h4-7,11-12,18-19H,8-10,17H2,1-3H3. The summed E-state index contributed by atoms with van der Waals surface area (Å²) in [6.45, 7) is 6.62. The monoisotopic (exact) mass is 268 g/mol. The van der Waals surface area contributed by atoms with Gasteiger partial charge in [-0.2, -0.15) is 0 Å². The van der Waals surface area contributed by atoms with Gasteiger partial charge in [0.25, 0.3) is 0 Å². The van der Waals surface area contributed by atoms with E-state index < -0.39 is 0 Å². The molecule has 3 unspecified atom stereocenters. The Balaban J connectivity index is 2.74. The van der Waals surface area contributed by atoms with Crippen LogP contribution in [0.25, 0.3) is 0 Å². The molecule has 4 N–H and O–H groups in total. The SMILES string of the molecule is CC(CO)C(C)NC(C)(CN)Cc1cccc(F)c1. The molecule has 19 heavy (non-hydrogen) atoms. The number of nitrogens with two attached hydrogens (primary N) is 1. The fourth-order valence-corrected chi connectivity index (χ4v) is 2.13. The molecule has 0 amide bonds. The predicted molar refractivity (Wildman–Crippen MR) is 76.4 cm³/mol. The molecule has 3 atom stereocenters. The topological polar surface area (TPSA) is 58.3 Å². The summed E-state index contributed by atoms with van der Waals surface area (Å²) in [6.07, 6.45) is 0.656. The van der Waals surface area contributed by atoms with E-state index in [1.54, 1.807) is 6.07 Å². The first kappa shape index (κ1) is 16.1. The van der Waals surface area contributed by atoms with Gasteiger partial charge in [0.1, 0.15) is 5.82 Å². The Morgan fingerprint density at radius 3 is 2.63 bits per heavy atom. The van der Waals surface area contributed by atoms with Gasteiger partial charge in [-0.05, 0) is 43.9 Å². The predicted octanol–water partition coefficient (Wildman–Crippen LogP) is 1.69. The van der Waals surface area contributed by atoms with Gasteiger partial charge >= 0.3 is 0 Å². The number of aliphatic hydroxyl groups excluding tert-OH is 1. The van der Waals surface area contributed by atoms with E-state index in [0.717, 1.165) is 5.56 Å². The van der Waals surface area contributed by atoms with Crippen molar-refractivity contribution in [1.82, 2.24) is 5.32 Å². The lowest BCUT2D eigenvalue weighted by Crippen LogP contribution is -2.55. The third kappa shape index (κ3) is 4.90. The quantitative estimate of drug-likeness (QED) is 0.705. The molecular weight excluding hydrogens is 243 g/mol. The van der Waals surface area contributed by atoms with Gasteiger partial charge in [0.2, 0.25) is 0 Å². The molecule has 0 aliphatic carbocycles. The number of nitrogens with one attached hydrogen (secondary N) is 1. The summed E-state index contributed by atoms with van der Waals surface area (Å²) in [5.41, 5.74) is 6.48. The molecule has 0 bridgehead atoms. The van der Waals surface area contributed by atoms with Crippen LogP contribution in [0.1, 0.15) is 26.3 Å². The summed E-state index contributed by atoms with van der Waals surface area (Å²) in [4.78, 5) is 0. The molecular formula is C15H25FN2O. The van der Waals surface area contributed by atoms with Crippen LogP contribution in [-0.4, -0.2) is 29.8 Å². The van der Waals surface area contributed by atoms with Gasteiger partial charge in [-0.1, -0.05) is 19.1 Å². The maximum atomic E-state index is 13.2. The Hall–Kier alpha value is -0.970. The molecule has 0 heterocycles. The van der Waals surface area contributed by atoms with E-state index in [2.05, 4.69) is 5.32 Å². The van der Waals surface area contributed by atoms with Gasteiger partial charge < -0.3 is 16.2 Å². The van der Waals surface area contributed by atoms with E-state index >= 15 is 0 Å². The van der Waals surface area contributed by atoms with Crippen molar-refractivity contribution in [1.29, 1.82) is 0 Å². The van der Waals surface area contributed by atoms with E-state index in [1.165, 1.54) is 12.1 Å². The summed E-state index contributed by atoms with van der Waals surface area (Å²) in [5, 5.41) is 12.6. The molecule has 1 rings (SSSR count). The summed E-state index contributed by atoms with van der Waals surface area (Å²) >= 11 is 0. The number of hydrogen-bond acceptors (Lipinski definition) is 3. The van der Waals surface area contributed by atoms with Crippen molar-refractivity contribution in [3.63, 3.8) is 0 Å². The van der Waals surface area contributed by atoms with Crippen molar-refractivity contribution in [2.75, 3.05) is 13.2 Å². The molecule has 1 aromatic rings. The number of hydrogen-bond donors (Lipinski definition) is 3. The van der Waals surface area contributed by atoms with E-state index in [4.69, 9.17) is 5.73 Å². The lowest BCUT2D eigenvalue weighted by Gasteiger charge is -2.35. The average Bonchev–Trinajstić information content (AvgIpc) is 2.37. The van der Waals surface area contributed by atoms with E-state index in [1.807, 2.05) is 26.8 Å². The molecule has 0 aliphatic heterocycles. The minimum atomic E-state index is -0.309. The molecule has 108 valence electrons. The second-order valence-electron chi connectivity index (χ2n) is 5.66. The van der Waals surface area contributed by atoms with Crippen LogP contribution in [0.4, 0.5) is 4.39 Å². The maximum absolute atomic E-state index is 13.2. The third-order valence-electron chi connectivity index (χ3n) is 3.65. The van der Waals surface area contributed by atoms with Gasteiger partial charge in [-0.15, -0.1) is 0 Å². The number of rotatable bonds is 7. The highest BCUT2D eigenvalue weighted by Crippen LogP contribution is 2.16. The molecule has 3 nitrogen and oxygen atoms in total. The van der Waals surface area contributed by atoms with Crippen LogP contribution in [0.5, 0.6) is 0 Å². The van der Waals surface area contributed by atoms with Crippen LogP contribution >= 0.6 is 0 Å². The minimum absolute atomic E-state index is 0.134. The summed E-state index contributed by atoms with van der Waals surface area (Å²) in [5.74, 6) is -0.0768. The first-order valence-corrected chi connectivity index (χ1v) is 6.73. The highest BCUT2D eigenvalue weighted by molar-refractivity contribution is 5.19. The van der Waals surface area contributed by atoms with Gasteiger partial charge in [-0.3, -0.25) is 0 Å². The second-order valence-corrected chi connectivity index (χ2v) is 5.66. The van der Waals surface area contributed by atoms with E-state index in [9.17, 15) is 9.50 Å². The Kier molecular flexibility index (Phi) is 5.91. The number of benzene rings is 1. The number of aliphatic hydroxyl groups is 1. The van der Waals surface area contributed by atoms with Crippen molar-refractivity contribution < 1.29 is 9.50 Å². The van der Waals surface area contributed by atoms with Crippen LogP contribution in [0.2, 0.25) is 0 Å². The molecule has 0 radical (unpaired) electrons. The van der Waals surface area contributed by atoms with Crippen LogP contribution < -0.4 is 11.1 Å². The van der Waals surface area contributed by atoms with E-state index in [0.29, 0.717) is 13.0 Å². The largest absolute Gasteiger partial charge is 0.396 e. The molecule has 0 saturated carbocycles. The highest BCUT2D eigenvalue weighted by Gasteiger charge is 2.26. The van der Waals surface area contributed by atoms with Crippen LogP contribution in [0.15, 0.2) is 24.3 Å². The summed E-state index contributed by atoms with van der Waals surface area (Å²) < 4.78 is 13.2. The van der Waals surface area contributed by atoms with E-state index in [-0.39, 0.29) is 29.9 Å². The smallest absolute Gasteiger partial charge is 0.123 e.